The molecule has 0 aromatic carbocycles. The normalized spacial score (nSPS) is 31.3. The molecular formula is C16H31N3O. The van der Waals surface area contributed by atoms with Gasteiger partial charge in [0.05, 0.1) is 6.54 Å². The van der Waals surface area contributed by atoms with Gasteiger partial charge in [0.2, 0.25) is 5.91 Å². The summed E-state index contributed by atoms with van der Waals surface area (Å²) in [6, 6.07) is 0.831. The Balaban J connectivity index is 1.86. The number of amides is 1. The minimum Gasteiger partial charge on any atom is -0.336 e. The lowest BCUT2D eigenvalue weighted by Crippen LogP contribution is -2.54. The highest BCUT2D eigenvalue weighted by molar-refractivity contribution is 5.79. The third kappa shape index (κ3) is 3.53. The zero-order chi connectivity index (χ0) is 14.8. The van der Waals surface area contributed by atoms with E-state index in [4.69, 9.17) is 0 Å². The fourth-order valence-corrected chi connectivity index (χ4v) is 3.64. The smallest absolute Gasteiger partial charge is 0.237 e. The van der Waals surface area contributed by atoms with E-state index in [1.807, 2.05) is 7.05 Å². The van der Waals surface area contributed by atoms with Crippen molar-refractivity contribution in [2.24, 2.45) is 0 Å². The topological polar surface area (TPSA) is 35.6 Å². The summed E-state index contributed by atoms with van der Waals surface area (Å²) in [6.45, 7) is 9.33. The van der Waals surface area contributed by atoms with E-state index in [2.05, 4.69) is 35.9 Å². The van der Waals surface area contributed by atoms with Gasteiger partial charge >= 0.3 is 0 Å². The molecule has 0 aliphatic carbocycles. The van der Waals surface area contributed by atoms with Gasteiger partial charge in [-0.05, 0) is 59.9 Å². The average molecular weight is 281 g/mol. The van der Waals surface area contributed by atoms with Crippen LogP contribution in [0.2, 0.25) is 0 Å². The summed E-state index contributed by atoms with van der Waals surface area (Å²) in [5.41, 5.74) is 0.255. The number of nitrogens with zero attached hydrogens (tertiary/aromatic N) is 2. The van der Waals surface area contributed by atoms with Crippen molar-refractivity contribution in [2.45, 2.75) is 70.5 Å². The molecule has 1 amide bonds. The quantitative estimate of drug-likeness (QED) is 0.857. The summed E-state index contributed by atoms with van der Waals surface area (Å²) in [4.78, 5) is 17.0. The average Bonchev–Trinajstić information content (AvgIpc) is 2.41. The Hall–Kier alpha value is -0.610. The molecule has 0 saturated carbocycles. The van der Waals surface area contributed by atoms with Gasteiger partial charge in [-0.25, -0.2) is 0 Å². The van der Waals surface area contributed by atoms with Crippen molar-refractivity contribution in [3.8, 4) is 0 Å². The van der Waals surface area contributed by atoms with E-state index in [1.165, 1.54) is 6.42 Å². The Morgan fingerprint density at radius 2 is 1.75 bits per heavy atom. The van der Waals surface area contributed by atoms with Crippen LogP contribution < -0.4 is 5.32 Å². The summed E-state index contributed by atoms with van der Waals surface area (Å²) >= 11 is 0. The number of piperidine rings is 2. The van der Waals surface area contributed by atoms with Crippen LogP contribution in [0.4, 0.5) is 0 Å². The number of rotatable bonds is 3. The van der Waals surface area contributed by atoms with Crippen molar-refractivity contribution >= 4 is 5.91 Å². The van der Waals surface area contributed by atoms with Crippen LogP contribution in [-0.2, 0) is 4.79 Å². The molecule has 4 nitrogen and oxygen atoms in total. The largest absolute Gasteiger partial charge is 0.336 e. The number of likely N-dealkylation sites (tertiary alicyclic amines) is 2. The van der Waals surface area contributed by atoms with Crippen LogP contribution in [0.5, 0.6) is 0 Å². The first-order valence-electron chi connectivity index (χ1n) is 8.17. The molecule has 2 aliphatic rings. The second-order valence-electron chi connectivity index (χ2n) is 7.02. The Labute approximate surface area is 123 Å². The molecule has 116 valence electrons. The molecule has 2 unspecified atom stereocenters. The van der Waals surface area contributed by atoms with Crippen molar-refractivity contribution in [1.82, 2.24) is 15.1 Å². The molecule has 4 heteroatoms. The van der Waals surface area contributed by atoms with Crippen LogP contribution >= 0.6 is 0 Å². The monoisotopic (exact) mass is 281 g/mol. The lowest BCUT2D eigenvalue weighted by molar-refractivity contribution is -0.138. The molecule has 2 saturated heterocycles. The predicted octanol–water partition coefficient (Wildman–Crippen LogP) is 1.85. The molecule has 2 fully saturated rings. The van der Waals surface area contributed by atoms with E-state index in [1.54, 1.807) is 0 Å². The number of carbonyl (C=O) groups excluding carboxylic acids is 1. The van der Waals surface area contributed by atoms with E-state index < -0.39 is 0 Å². The molecule has 0 spiro atoms. The summed E-state index contributed by atoms with van der Waals surface area (Å²) in [6.07, 6.45) is 5.84. The number of carbonyl (C=O) groups is 1. The molecule has 0 aromatic rings. The van der Waals surface area contributed by atoms with Crippen LogP contribution in [0.25, 0.3) is 0 Å². The third-order valence-corrected chi connectivity index (χ3v) is 5.40. The molecule has 2 atom stereocenters. The minimum atomic E-state index is 0.255. The van der Waals surface area contributed by atoms with E-state index in [0.29, 0.717) is 24.5 Å². The Morgan fingerprint density at radius 1 is 1.20 bits per heavy atom. The maximum atomic E-state index is 12.6. The van der Waals surface area contributed by atoms with Crippen molar-refractivity contribution in [3.05, 3.63) is 0 Å². The van der Waals surface area contributed by atoms with Crippen LogP contribution in [-0.4, -0.2) is 60.0 Å². The Morgan fingerprint density at radius 3 is 2.25 bits per heavy atom. The summed E-state index contributed by atoms with van der Waals surface area (Å²) < 4.78 is 0. The van der Waals surface area contributed by atoms with Gasteiger partial charge in [-0.1, -0.05) is 0 Å². The van der Waals surface area contributed by atoms with Gasteiger partial charge in [0.25, 0.3) is 0 Å². The van der Waals surface area contributed by atoms with Gasteiger partial charge < -0.3 is 10.2 Å². The van der Waals surface area contributed by atoms with E-state index >= 15 is 0 Å². The number of hydrogen-bond donors (Lipinski definition) is 1. The van der Waals surface area contributed by atoms with Crippen molar-refractivity contribution in [1.29, 1.82) is 0 Å². The molecule has 0 bridgehead atoms. The summed E-state index contributed by atoms with van der Waals surface area (Å²) in [5, 5.41) is 3.41. The lowest BCUT2D eigenvalue weighted by atomic mass is 9.90. The van der Waals surface area contributed by atoms with E-state index in [0.717, 1.165) is 38.8 Å². The SMILES string of the molecule is CNC1(C)CCN(CC(=O)N2C(C)CCCC2C)CC1. The molecule has 20 heavy (non-hydrogen) atoms. The fourth-order valence-electron chi connectivity index (χ4n) is 3.64. The van der Waals surface area contributed by atoms with Gasteiger partial charge in [-0.15, -0.1) is 0 Å². The van der Waals surface area contributed by atoms with Crippen LogP contribution in [0, 0.1) is 0 Å². The molecule has 2 heterocycles. The van der Waals surface area contributed by atoms with Crippen LogP contribution in [0.3, 0.4) is 0 Å². The number of nitrogens with one attached hydrogen (secondary N) is 1. The Kier molecular flexibility index (Phi) is 5.08. The van der Waals surface area contributed by atoms with Crippen LogP contribution in [0.1, 0.15) is 52.9 Å². The highest BCUT2D eigenvalue weighted by atomic mass is 16.2. The molecule has 0 radical (unpaired) electrons. The Bertz CT molecular complexity index is 327. The standard InChI is InChI=1S/C16H31N3O/c1-13-6-5-7-14(2)19(13)15(20)12-18-10-8-16(3,17-4)9-11-18/h13-14,17H,5-12H2,1-4H3. The van der Waals surface area contributed by atoms with Crippen molar-refractivity contribution in [2.75, 3.05) is 26.7 Å². The molecule has 1 N–H and O–H groups in total. The highest BCUT2D eigenvalue weighted by Crippen LogP contribution is 2.24. The van der Waals surface area contributed by atoms with Gasteiger partial charge in [0, 0.05) is 30.7 Å². The fraction of sp³-hybridized carbons (Fsp3) is 0.938. The molecular weight excluding hydrogens is 250 g/mol. The first-order chi connectivity index (χ1) is 9.45. The van der Waals surface area contributed by atoms with Crippen molar-refractivity contribution < 1.29 is 4.79 Å². The minimum absolute atomic E-state index is 0.255. The van der Waals surface area contributed by atoms with Gasteiger partial charge in [-0.2, -0.15) is 0 Å². The maximum Gasteiger partial charge on any atom is 0.237 e. The third-order valence-electron chi connectivity index (χ3n) is 5.40. The van der Waals surface area contributed by atoms with E-state index in [9.17, 15) is 4.79 Å². The molecule has 2 rings (SSSR count). The summed E-state index contributed by atoms with van der Waals surface area (Å²) in [7, 11) is 2.04. The first kappa shape index (κ1) is 15.8. The predicted molar refractivity (Wildman–Crippen MR) is 82.8 cm³/mol. The second-order valence-corrected chi connectivity index (χ2v) is 7.02. The van der Waals surface area contributed by atoms with Gasteiger partial charge in [0.1, 0.15) is 0 Å². The highest BCUT2D eigenvalue weighted by Gasteiger charge is 2.32. The van der Waals surface area contributed by atoms with Crippen LogP contribution in [0.15, 0.2) is 0 Å². The molecule has 2 aliphatic heterocycles. The van der Waals surface area contributed by atoms with Gasteiger partial charge in [0.15, 0.2) is 0 Å². The zero-order valence-electron chi connectivity index (χ0n) is 13.6. The molecule has 0 aromatic heterocycles. The van der Waals surface area contributed by atoms with E-state index in [-0.39, 0.29) is 5.54 Å². The summed E-state index contributed by atoms with van der Waals surface area (Å²) in [5.74, 6) is 0.331. The van der Waals surface area contributed by atoms with Crippen molar-refractivity contribution in [3.63, 3.8) is 0 Å². The first-order valence-corrected chi connectivity index (χ1v) is 8.17. The maximum absolute atomic E-state index is 12.6. The van der Waals surface area contributed by atoms with Gasteiger partial charge in [-0.3, -0.25) is 9.69 Å². The lowest BCUT2D eigenvalue weighted by Gasteiger charge is -2.42. The zero-order valence-corrected chi connectivity index (χ0v) is 13.6. The number of hydrogen-bond acceptors (Lipinski definition) is 3. The second kappa shape index (κ2) is 6.44.